The molecule has 0 unspecified atom stereocenters. The van der Waals surface area contributed by atoms with Gasteiger partial charge in [-0.1, -0.05) is 48.0 Å². The molecule has 1 aromatic heterocycles. The van der Waals surface area contributed by atoms with Crippen molar-refractivity contribution in [2.45, 2.75) is 19.4 Å². The minimum Gasteiger partial charge on any atom is -0.336 e. The molecule has 1 heterocycles. The number of amides is 1. The van der Waals surface area contributed by atoms with Crippen molar-refractivity contribution >= 4 is 34.7 Å². The van der Waals surface area contributed by atoms with E-state index in [2.05, 4.69) is 9.97 Å². The summed E-state index contributed by atoms with van der Waals surface area (Å²) in [6.45, 7) is 1.81. The van der Waals surface area contributed by atoms with Gasteiger partial charge in [0.2, 0.25) is 5.82 Å². The molecule has 26 heavy (non-hydrogen) atoms. The van der Waals surface area contributed by atoms with Gasteiger partial charge in [-0.15, -0.1) is 0 Å². The van der Waals surface area contributed by atoms with Gasteiger partial charge in [0.25, 0.3) is 5.91 Å². The number of hydrogen-bond acceptors (Lipinski definition) is 4. The molecule has 1 amide bonds. The van der Waals surface area contributed by atoms with Crippen LogP contribution >= 0.6 is 11.6 Å². The van der Waals surface area contributed by atoms with Crippen LogP contribution in [0.3, 0.4) is 0 Å². The summed E-state index contributed by atoms with van der Waals surface area (Å²) in [5, 5.41) is 1.37. The maximum absolute atomic E-state index is 12.8. The van der Waals surface area contributed by atoms with Crippen LogP contribution in [0.25, 0.3) is 22.2 Å². The minimum absolute atomic E-state index is 0.0823. The second kappa shape index (κ2) is 7.62. The minimum atomic E-state index is -0.335. The van der Waals surface area contributed by atoms with E-state index in [1.165, 1.54) is 4.90 Å². The summed E-state index contributed by atoms with van der Waals surface area (Å²) < 4.78 is 0. The van der Waals surface area contributed by atoms with Crippen LogP contribution < -0.4 is 0 Å². The van der Waals surface area contributed by atoms with Gasteiger partial charge in [0.15, 0.2) is 0 Å². The van der Waals surface area contributed by atoms with Crippen molar-refractivity contribution in [2.75, 3.05) is 7.05 Å². The zero-order chi connectivity index (χ0) is 18.7. The molecular formula is C20H18ClN3O2. The van der Waals surface area contributed by atoms with E-state index in [9.17, 15) is 9.59 Å². The molecule has 6 heteroatoms. The van der Waals surface area contributed by atoms with Crippen molar-refractivity contribution in [3.63, 3.8) is 0 Å². The molecule has 3 aromatic rings. The highest BCUT2D eigenvalue weighted by atomic mass is 35.5. The van der Waals surface area contributed by atoms with E-state index >= 15 is 0 Å². The predicted molar refractivity (Wildman–Crippen MR) is 102 cm³/mol. The number of benzene rings is 2. The lowest BCUT2D eigenvalue weighted by molar-refractivity contribution is -0.108. The molecule has 0 aliphatic heterocycles. The second-order valence-corrected chi connectivity index (χ2v) is 6.47. The molecule has 0 aliphatic carbocycles. The molecule has 0 aliphatic rings. The van der Waals surface area contributed by atoms with Crippen LogP contribution in [0.1, 0.15) is 24.0 Å². The number of rotatable bonds is 5. The molecule has 0 fully saturated rings. The Morgan fingerprint density at radius 2 is 1.85 bits per heavy atom. The summed E-state index contributed by atoms with van der Waals surface area (Å²) in [6.07, 6.45) is 1.05. The standard InChI is InChI=1S/C20H18ClN3O2/c1-13(11-12-25)24(2)20(26)19-22-17-10-6-4-8-15(17)18(23-19)14-7-3-5-9-16(14)21/h3-10,12-13H,11H2,1-2H3/t13-/m1/s1. The zero-order valence-corrected chi connectivity index (χ0v) is 15.3. The summed E-state index contributed by atoms with van der Waals surface area (Å²) in [5.74, 6) is -0.253. The fraction of sp³-hybridized carbons (Fsp3) is 0.200. The van der Waals surface area contributed by atoms with Crippen LogP contribution in [-0.4, -0.2) is 40.2 Å². The summed E-state index contributed by atoms with van der Waals surface area (Å²) in [4.78, 5) is 34.0. The van der Waals surface area contributed by atoms with E-state index in [1.54, 1.807) is 13.1 Å². The molecule has 0 N–H and O–H groups in total. The predicted octanol–water partition coefficient (Wildman–Crippen LogP) is 4.00. The van der Waals surface area contributed by atoms with Crippen LogP contribution in [-0.2, 0) is 4.79 Å². The van der Waals surface area contributed by atoms with Gasteiger partial charge >= 0.3 is 0 Å². The van der Waals surface area contributed by atoms with Gasteiger partial charge in [0, 0.05) is 35.5 Å². The Labute approximate surface area is 156 Å². The highest BCUT2D eigenvalue weighted by Gasteiger charge is 2.22. The van der Waals surface area contributed by atoms with Gasteiger partial charge in [-0.2, -0.15) is 0 Å². The largest absolute Gasteiger partial charge is 0.336 e. The van der Waals surface area contributed by atoms with E-state index in [0.29, 0.717) is 16.2 Å². The number of para-hydroxylation sites is 1. The fourth-order valence-electron chi connectivity index (χ4n) is 2.69. The number of carbonyl (C=O) groups excluding carboxylic acids is 2. The van der Waals surface area contributed by atoms with Crippen molar-refractivity contribution < 1.29 is 9.59 Å². The average molecular weight is 368 g/mol. The Bertz CT molecular complexity index is 974. The monoisotopic (exact) mass is 367 g/mol. The highest BCUT2D eigenvalue weighted by Crippen LogP contribution is 2.31. The lowest BCUT2D eigenvalue weighted by atomic mass is 10.1. The summed E-state index contributed by atoms with van der Waals surface area (Å²) >= 11 is 6.35. The molecule has 0 radical (unpaired) electrons. The lowest BCUT2D eigenvalue weighted by Gasteiger charge is -2.22. The van der Waals surface area contributed by atoms with Crippen molar-refractivity contribution in [1.29, 1.82) is 0 Å². The van der Waals surface area contributed by atoms with E-state index < -0.39 is 0 Å². The van der Waals surface area contributed by atoms with E-state index in [0.717, 1.165) is 17.2 Å². The Kier molecular flexibility index (Phi) is 5.28. The van der Waals surface area contributed by atoms with Gasteiger partial charge in [0.05, 0.1) is 11.2 Å². The molecule has 1 atom stereocenters. The van der Waals surface area contributed by atoms with Crippen LogP contribution in [0.5, 0.6) is 0 Å². The molecule has 0 saturated carbocycles. The molecule has 3 rings (SSSR count). The van der Waals surface area contributed by atoms with Crippen molar-refractivity contribution in [3.8, 4) is 11.3 Å². The Hall–Kier alpha value is -2.79. The van der Waals surface area contributed by atoms with E-state index in [1.807, 2.05) is 49.4 Å². The first-order valence-corrected chi connectivity index (χ1v) is 8.63. The highest BCUT2D eigenvalue weighted by molar-refractivity contribution is 6.33. The molecule has 0 spiro atoms. The number of nitrogens with zero attached hydrogens (tertiary/aromatic N) is 3. The van der Waals surface area contributed by atoms with Crippen molar-refractivity contribution in [1.82, 2.24) is 14.9 Å². The second-order valence-electron chi connectivity index (χ2n) is 6.06. The molecule has 0 saturated heterocycles. The lowest BCUT2D eigenvalue weighted by Crippen LogP contribution is -2.36. The Morgan fingerprint density at radius 3 is 2.58 bits per heavy atom. The Morgan fingerprint density at radius 1 is 1.15 bits per heavy atom. The third kappa shape index (κ3) is 3.44. The van der Waals surface area contributed by atoms with Crippen LogP contribution in [0.15, 0.2) is 48.5 Å². The third-order valence-corrected chi connectivity index (χ3v) is 4.67. The topological polar surface area (TPSA) is 63.2 Å². The number of carbonyl (C=O) groups is 2. The maximum Gasteiger partial charge on any atom is 0.291 e. The maximum atomic E-state index is 12.8. The number of fused-ring (bicyclic) bond motifs is 1. The summed E-state index contributed by atoms with van der Waals surface area (Å²) in [7, 11) is 1.64. The van der Waals surface area contributed by atoms with Gasteiger partial charge in [-0.05, 0) is 19.1 Å². The molecule has 0 bridgehead atoms. The summed E-state index contributed by atoms with van der Waals surface area (Å²) in [5.41, 5.74) is 2.02. The SMILES string of the molecule is C[C@H](CC=O)N(C)C(=O)c1nc(-c2ccccc2Cl)c2ccccc2n1. The zero-order valence-electron chi connectivity index (χ0n) is 14.5. The number of aromatic nitrogens is 2. The van der Waals surface area contributed by atoms with Crippen LogP contribution in [0, 0.1) is 0 Å². The van der Waals surface area contributed by atoms with Gasteiger partial charge in [-0.25, -0.2) is 9.97 Å². The molecular weight excluding hydrogens is 350 g/mol. The van der Waals surface area contributed by atoms with Gasteiger partial charge in [0.1, 0.15) is 6.29 Å². The smallest absolute Gasteiger partial charge is 0.291 e. The molecule has 2 aromatic carbocycles. The Balaban J connectivity index is 2.15. The van der Waals surface area contributed by atoms with Gasteiger partial charge in [-0.3, -0.25) is 4.79 Å². The third-order valence-electron chi connectivity index (χ3n) is 4.34. The van der Waals surface area contributed by atoms with Gasteiger partial charge < -0.3 is 9.69 Å². The van der Waals surface area contributed by atoms with E-state index in [-0.39, 0.29) is 24.2 Å². The molecule has 132 valence electrons. The first kappa shape index (κ1) is 18.0. The summed E-state index contributed by atoms with van der Waals surface area (Å²) in [6, 6.07) is 14.6. The van der Waals surface area contributed by atoms with Crippen molar-refractivity contribution in [2.24, 2.45) is 0 Å². The molecule has 5 nitrogen and oxygen atoms in total. The quantitative estimate of drug-likeness (QED) is 0.639. The van der Waals surface area contributed by atoms with E-state index in [4.69, 9.17) is 11.6 Å². The van der Waals surface area contributed by atoms with Crippen LogP contribution in [0.4, 0.5) is 0 Å². The number of aldehydes is 1. The first-order valence-electron chi connectivity index (χ1n) is 8.25. The van der Waals surface area contributed by atoms with Crippen molar-refractivity contribution in [3.05, 3.63) is 59.4 Å². The first-order chi connectivity index (χ1) is 12.5. The fourth-order valence-corrected chi connectivity index (χ4v) is 2.91. The van der Waals surface area contributed by atoms with Crippen LogP contribution in [0.2, 0.25) is 5.02 Å². The number of halogens is 1. The number of hydrogen-bond donors (Lipinski definition) is 0. The normalized spacial score (nSPS) is 12.0. The average Bonchev–Trinajstić information content (AvgIpc) is 2.66.